The van der Waals surface area contributed by atoms with E-state index in [0.29, 0.717) is 6.61 Å². The van der Waals surface area contributed by atoms with Gasteiger partial charge in [-0.1, -0.05) is 35.4 Å². The van der Waals surface area contributed by atoms with Gasteiger partial charge >= 0.3 is 6.09 Å². The molecule has 0 saturated carbocycles. The molecule has 0 aromatic heterocycles. The fourth-order valence-electron chi connectivity index (χ4n) is 0.735. The van der Waals surface area contributed by atoms with Crippen LogP contribution in [0, 0.1) is 18.3 Å². The Morgan fingerprint density at radius 1 is 1.83 bits per heavy atom. The van der Waals surface area contributed by atoms with Crippen LogP contribution < -0.4 is 5.73 Å². The zero-order valence-electron chi connectivity index (χ0n) is 6.92. The number of carbonyl (C=O) groups excluding carboxylic acids is 1. The standard InChI is InChI=1S/C8H12INO2/c1-3-6(7(9)4-2)5-12-8(10)11/h2,6-7H,3,5H2,1H3,(H2,10,11). The van der Waals surface area contributed by atoms with E-state index in [2.05, 4.69) is 33.2 Å². The van der Waals surface area contributed by atoms with Crippen LogP contribution in [0.2, 0.25) is 0 Å². The Balaban J connectivity index is 3.84. The summed E-state index contributed by atoms with van der Waals surface area (Å²) in [6.07, 6.45) is 5.36. The van der Waals surface area contributed by atoms with Gasteiger partial charge in [0, 0.05) is 5.92 Å². The van der Waals surface area contributed by atoms with Crippen LogP contribution in [0.15, 0.2) is 0 Å². The molecule has 2 unspecified atom stereocenters. The molecule has 0 saturated heterocycles. The molecule has 0 aromatic rings. The van der Waals surface area contributed by atoms with Crippen LogP contribution in [0.5, 0.6) is 0 Å². The van der Waals surface area contributed by atoms with E-state index in [-0.39, 0.29) is 9.84 Å². The molecule has 3 nitrogen and oxygen atoms in total. The molecule has 0 aliphatic rings. The molecule has 0 fully saturated rings. The molecule has 0 spiro atoms. The van der Waals surface area contributed by atoms with Crippen LogP contribution in [0.1, 0.15) is 13.3 Å². The molecular formula is C8H12INO2. The van der Waals surface area contributed by atoms with E-state index in [9.17, 15) is 4.79 Å². The van der Waals surface area contributed by atoms with Gasteiger partial charge in [0.2, 0.25) is 0 Å². The number of primary amides is 1. The molecule has 12 heavy (non-hydrogen) atoms. The molecule has 0 aromatic carbocycles. The van der Waals surface area contributed by atoms with E-state index in [1.807, 2.05) is 6.92 Å². The lowest BCUT2D eigenvalue weighted by Gasteiger charge is -2.15. The quantitative estimate of drug-likeness (QED) is 0.483. The molecule has 0 bridgehead atoms. The Bertz CT molecular complexity index is 188. The maximum Gasteiger partial charge on any atom is 0.404 e. The number of alkyl halides is 1. The van der Waals surface area contributed by atoms with Gasteiger partial charge in [0.1, 0.15) is 0 Å². The molecule has 2 N–H and O–H groups in total. The van der Waals surface area contributed by atoms with Crippen LogP contribution in [0.4, 0.5) is 4.79 Å². The van der Waals surface area contributed by atoms with E-state index < -0.39 is 6.09 Å². The Morgan fingerprint density at radius 3 is 2.75 bits per heavy atom. The Morgan fingerprint density at radius 2 is 2.42 bits per heavy atom. The minimum Gasteiger partial charge on any atom is -0.449 e. The zero-order valence-corrected chi connectivity index (χ0v) is 9.08. The molecule has 0 aliphatic carbocycles. The van der Waals surface area contributed by atoms with Crippen molar-refractivity contribution in [2.75, 3.05) is 6.61 Å². The van der Waals surface area contributed by atoms with Gasteiger partial charge in [-0.25, -0.2) is 4.79 Å². The summed E-state index contributed by atoms with van der Waals surface area (Å²) in [5.41, 5.74) is 4.82. The first-order valence-corrected chi connectivity index (χ1v) is 4.88. The van der Waals surface area contributed by atoms with Crippen LogP contribution in [0.3, 0.4) is 0 Å². The largest absolute Gasteiger partial charge is 0.449 e. The topological polar surface area (TPSA) is 52.3 Å². The second-order valence-electron chi connectivity index (χ2n) is 2.37. The van der Waals surface area contributed by atoms with Crippen molar-refractivity contribution in [1.29, 1.82) is 0 Å². The van der Waals surface area contributed by atoms with Crippen molar-refractivity contribution in [3.63, 3.8) is 0 Å². The van der Waals surface area contributed by atoms with Crippen molar-refractivity contribution in [3.8, 4) is 12.3 Å². The average molecular weight is 281 g/mol. The molecule has 0 radical (unpaired) electrons. The summed E-state index contributed by atoms with van der Waals surface area (Å²) in [5.74, 6) is 2.79. The van der Waals surface area contributed by atoms with Crippen LogP contribution >= 0.6 is 22.6 Å². The Hall–Kier alpha value is -0.440. The minimum absolute atomic E-state index is 0.0898. The summed E-state index contributed by atoms with van der Waals surface area (Å²) >= 11 is 2.15. The van der Waals surface area contributed by atoms with Crippen molar-refractivity contribution in [1.82, 2.24) is 0 Å². The number of ether oxygens (including phenoxy) is 1. The Labute approximate surface area is 86.2 Å². The first-order chi connectivity index (χ1) is 5.61. The summed E-state index contributed by atoms with van der Waals surface area (Å²) < 4.78 is 4.75. The number of rotatable bonds is 4. The summed E-state index contributed by atoms with van der Waals surface area (Å²) in [5, 5.41) is 0. The van der Waals surface area contributed by atoms with Gasteiger partial charge in [-0.05, 0) is 6.42 Å². The molecule has 68 valence electrons. The third-order valence-electron chi connectivity index (χ3n) is 1.54. The van der Waals surface area contributed by atoms with Crippen LogP contribution in [-0.2, 0) is 4.74 Å². The lowest BCUT2D eigenvalue weighted by molar-refractivity contribution is 0.138. The molecule has 0 aliphatic heterocycles. The summed E-state index contributed by atoms with van der Waals surface area (Å²) in [7, 11) is 0. The summed E-state index contributed by atoms with van der Waals surface area (Å²) in [6, 6.07) is 0. The van der Waals surface area contributed by atoms with Crippen molar-refractivity contribution >= 4 is 28.7 Å². The predicted octanol–water partition coefficient (Wildman–Crippen LogP) is 1.54. The number of halogens is 1. The second-order valence-corrected chi connectivity index (χ2v) is 3.71. The maximum absolute atomic E-state index is 10.3. The second kappa shape index (κ2) is 6.12. The van der Waals surface area contributed by atoms with E-state index in [1.54, 1.807) is 0 Å². The van der Waals surface area contributed by atoms with Gasteiger partial charge in [0.15, 0.2) is 0 Å². The van der Waals surface area contributed by atoms with E-state index >= 15 is 0 Å². The zero-order chi connectivity index (χ0) is 9.56. The third kappa shape index (κ3) is 4.44. The SMILES string of the molecule is C#CC(I)C(CC)COC(N)=O. The van der Waals surface area contributed by atoms with Gasteiger partial charge < -0.3 is 10.5 Å². The first kappa shape index (κ1) is 11.6. The Kier molecular flexibility index (Phi) is 5.89. The molecule has 1 amide bonds. The van der Waals surface area contributed by atoms with Crippen molar-refractivity contribution in [3.05, 3.63) is 0 Å². The van der Waals surface area contributed by atoms with Gasteiger partial charge in [0.05, 0.1) is 10.5 Å². The van der Waals surface area contributed by atoms with E-state index in [4.69, 9.17) is 12.2 Å². The van der Waals surface area contributed by atoms with Crippen molar-refractivity contribution in [2.45, 2.75) is 17.3 Å². The lowest BCUT2D eigenvalue weighted by Crippen LogP contribution is -2.23. The third-order valence-corrected chi connectivity index (χ3v) is 2.91. The fourth-order valence-corrected chi connectivity index (χ4v) is 1.45. The minimum atomic E-state index is -0.742. The predicted molar refractivity (Wildman–Crippen MR) is 56.0 cm³/mol. The highest BCUT2D eigenvalue weighted by Gasteiger charge is 2.15. The van der Waals surface area contributed by atoms with E-state index in [0.717, 1.165) is 6.42 Å². The fraction of sp³-hybridized carbons (Fsp3) is 0.625. The van der Waals surface area contributed by atoms with Crippen molar-refractivity contribution < 1.29 is 9.53 Å². The molecule has 0 rings (SSSR count). The number of terminal acetylenes is 1. The molecule has 2 atom stereocenters. The van der Waals surface area contributed by atoms with Crippen molar-refractivity contribution in [2.24, 2.45) is 11.7 Å². The van der Waals surface area contributed by atoms with Crippen LogP contribution in [-0.4, -0.2) is 16.6 Å². The monoisotopic (exact) mass is 281 g/mol. The van der Waals surface area contributed by atoms with Gasteiger partial charge in [0.25, 0.3) is 0 Å². The summed E-state index contributed by atoms with van der Waals surface area (Å²) in [6.45, 7) is 2.31. The number of carbonyl (C=O) groups is 1. The maximum atomic E-state index is 10.3. The lowest BCUT2D eigenvalue weighted by atomic mass is 10.0. The average Bonchev–Trinajstić information content (AvgIpc) is 2.04. The van der Waals surface area contributed by atoms with Gasteiger partial charge in [-0.3, -0.25) is 0 Å². The summed E-state index contributed by atoms with van der Waals surface area (Å²) in [4.78, 5) is 10.3. The molecule has 0 heterocycles. The van der Waals surface area contributed by atoms with Gasteiger partial charge in [-0.2, -0.15) is 0 Å². The number of nitrogens with two attached hydrogens (primary N) is 1. The number of hydrogen-bond donors (Lipinski definition) is 1. The van der Waals surface area contributed by atoms with Gasteiger partial charge in [-0.15, -0.1) is 6.42 Å². The molecular weight excluding hydrogens is 269 g/mol. The van der Waals surface area contributed by atoms with Crippen LogP contribution in [0.25, 0.3) is 0 Å². The van der Waals surface area contributed by atoms with E-state index in [1.165, 1.54) is 0 Å². The first-order valence-electron chi connectivity index (χ1n) is 3.64. The number of amides is 1. The highest BCUT2D eigenvalue weighted by Crippen LogP contribution is 2.16. The highest BCUT2D eigenvalue weighted by atomic mass is 127. The molecule has 4 heteroatoms. The number of hydrogen-bond acceptors (Lipinski definition) is 2. The highest BCUT2D eigenvalue weighted by molar-refractivity contribution is 14.1. The smallest absolute Gasteiger partial charge is 0.404 e. The normalized spacial score (nSPS) is 14.4.